The number of aromatic carboxylic acids is 1. The summed E-state index contributed by atoms with van der Waals surface area (Å²) in [7, 11) is 0. The van der Waals surface area contributed by atoms with Crippen LogP contribution in [0.5, 0.6) is 5.75 Å². The van der Waals surface area contributed by atoms with E-state index in [4.69, 9.17) is 5.11 Å². The van der Waals surface area contributed by atoms with Crippen molar-refractivity contribution in [2.24, 2.45) is 0 Å². The van der Waals surface area contributed by atoms with E-state index in [0.717, 1.165) is 0 Å². The molecule has 0 atom stereocenters. The Kier molecular flexibility index (Phi) is 6.85. The third kappa shape index (κ3) is 3.15. The summed E-state index contributed by atoms with van der Waals surface area (Å²) < 4.78 is 0. The molecular weight excluding hydrogens is 357 g/mol. The van der Waals surface area contributed by atoms with Crippen LogP contribution in [0.1, 0.15) is 10.4 Å². The first kappa shape index (κ1) is 13.9. The van der Waals surface area contributed by atoms with Gasteiger partial charge in [-0.15, -0.1) is 0 Å². The Morgan fingerprint density at radius 3 is 2.17 bits per heavy atom. The minimum Gasteiger partial charge on any atom is -2.00 e. The van der Waals surface area contributed by atoms with Gasteiger partial charge < -0.3 is 15.7 Å². The predicted octanol–water partition coefficient (Wildman–Crippen LogP) is -0.0412. The minimum atomic E-state index is -1.18. The van der Waals surface area contributed by atoms with Crippen molar-refractivity contribution in [3.05, 3.63) is 29.8 Å². The van der Waals surface area contributed by atoms with Gasteiger partial charge in [0.1, 0.15) is 0 Å². The number of para-hydroxylation sites is 1. The fourth-order valence-electron chi connectivity index (χ4n) is 0.643. The molecule has 0 bridgehead atoms. The molecule has 2 radical (unpaired) electrons. The molecule has 0 aliphatic heterocycles. The van der Waals surface area contributed by atoms with Gasteiger partial charge in [-0.3, -0.25) is 0 Å². The summed E-state index contributed by atoms with van der Waals surface area (Å²) in [5.41, 5.74) is -0.178. The Labute approximate surface area is 88.3 Å². The first-order chi connectivity index (χ1) is 4.72. The van der Waals surface area contributed by atoms with Gasteiger partial charge in [-0.25, -0.2) is 4.79 Å². The van der Waals surface area contributed by atoms with Crippen molar-refractivity contribution in [1.29, 1.82) is 0 Å². The molecule has 1 aromatic rings. The summed E-state index contributed by atoms with van der Waals surface area (Å²) in [6.07, 6.45) is 0. The van der Waals surface area contributed by atoms with Crippen molar-refractivity contribution in [2.45, 2.75) is 0 Å². The molecule has 1 N–H and O–H groups in total. The molecule has 1 rings (SSSR count). The third-order valence-electron chi connectivity index (χ3n) is 1.12. The van der Waals surface area contributed by atoms with Crippen LogP contribution in [0.4, 0.5) is 0 Å². The quantitative estimate of drug-likeness (QED) is 0.711. The molecular formula is C7H5BiO4. The van der Waals surface area contributed by atoms with Gasteiger partial charge in [-0.1, -0.05) is 23.9 Å². The summed E-state index contributed by atoms with van der Waals surface area (Å²) in [5, 5.41) is 19.0. The maximum atomic E-state index is 10.7. The number of hydrogen-bond acceptors (Lipinski definition) is 2. The number of carboxylic acid groups (broad SMARTS) is 1. The van der Waals surface area contributed by atoms with E-state index in [2.05, 4.69) is 0 Å². The average molecular weight is 362 g/mol. The van der Waals surface area contributed by atoms with E-state index in [1.165, 1.54) is 24.3 Å². The standard InChI is InChI=1S/C7H6O3.Bi.O/c8-6-4-2-1-3-5(6)7(9)10;;/h1-4,8H,(H,9,10);;/q;+3;-2/p-1. The van der Waals surface area contributed by atoms with E-state index in [0.29, 0.717) is 0 Å². The zero-order valence-corrected chi connectivity index (χ0v) is 9.41. The number of rotatable bonds is 1. The number of carbonyl (C=O) groups is 1. The minimum absolute atomic E-state index is 0. The van der Waals surface area contributed by atoms with Gasteiger partial charge in [0, 0.05) is 0 Å². The van der Waals surface area contributed by atoms with Crippen molar-refractivity contribution in [1.82, 2.24) is 0 Å². The molecule has 0 aliphatic rings. The van der Waals surface area contributed by atoms with Crippen molar-refractivity contribution in [2.75, 3.05) is 0 Å². The van der Waals surface area contributed by atoms with Gasteiger partial charge in [0.25, 0.3) is 0 Å². The zero-order chi connectivity index (χ0) is 7.56. The van der Waals surface area contributed by atoms with Crippen LogP contribution >= 0.6 is 0 Å². The SMILES string of the molecule is O=C(O)c1ccccc1[O-].[Bi+3].[O-2]. The molecule has 4 nitrogen and oxygen atoms in total. The Hall–Kier alpha value is -0.667. The van der Waals surface area contributed by atoms with Crippen LogP contribution in [0.25, 0.3) is 0 Å². The molecule has 0 aromatic heterocycles. The molecule has 62 valence electrons. The summed E-state index contributed by atoms with van der Waals surface area (Å²) in [4.78, 5) is 10.2. The normalized spacial score (nSPS) is 7.67. The van der Waals surface area contributed by atoms with Gasteiger partial charge in [0.2, 0.25) is 0 Å². The van der Waals surface area contributed by atoms with Crippen LogP contribution in [0.15, 0.2) is 24.3 Å². The zero-order valence-electron chi connectivity index (χ0n) is 5.93. The van der Waals surface area contributed by atoms with Gasteiger partial charge in [-0.05, 0) is 6.07 Å². The van der Waals surface area contributed by atoms with Crippen molar-refractivity contribution >= 4 is 32.2 Å². The molecule has 0 amide bonds. The van der Waals surface area contributed by atoms with Gasteiger partial charge >= 0.3 is 32.2 Å². The first-order valence-corrected chi connectivity index (χ1v) is 2.71. The number of hydrogen-bond donors (Lipinski definition) is 1. The summed E-state index contributed by atoms with van der Waals surface area (Å²) in [6.45, 7) is 0. The second-order valence-electron chi connectivity index (χ2n) is 1.80. The molecule has 0 saturated carbocycles. The van der Waals surface area contributed by atoms with Crippen LogP contribution in [0.2, 0.25) is 0 Å². The fraction of sp³-hybridized carbons (Fsp3) is 0. The monoisotopic (exact) mass is 362 g/mol. The second-order valence-corrected chi connectivity index (χ2v) is 1.80. The molecule has 0 heterocycles. The van der Waals surface area contributed by atoms with Gasteiger partial charge in [-0.2, -0.15) is 0 Å². The van der Waals surface area contributed by atoms with E-state index in [1.807, 2.05) is 0 Å². The molecule has 12 heavy (non-hydrogen) atoms. The molecule has 0 saturated heterocycles. The van der Waals surface area contributed by atoms with Crippen LogP contribution in [-0.4, -0.2) is 37.3 Å². The topological polar surface area (TPSA) is 88.9 Å². The van der Waals surface area contributed by atoms with Crippen LogP contribution in [-0.2, 0) is 5.48 Å². The Balaban J connectivity index is 0. The first-order valence-electron chi connectivity index (χ1n) is 2.71. The largest absolute Gasteiger partial charge is 3.00 e. The average Bonchev–Trinajstić information content (AvgIpc) is 1.88. The summed E-state index contributed by atoms with van der Waals surface area (Å²) in [6, 6.07) is 5.54. The third-order valence-corrected chi connectivity index (χ3v) is 1.12. The van der Waals surface area contributed by atoms with Gasteiger partial charge in [0.05, 0.1) is 5.56 Å². The van der Waals surface area contributed by atoms with Gasteiger partial charge in [0.15, 0.2) is 0 Å². The summed E-state index contributed by atoms with van der Waals surface area (Å²) >= 11 is 0. The van der Waals surface area contributed by atoms with Crippen molar-refractivity contribution < 1.29 is 20.5 Å². The van der Waals surface area contributed by atoms with Crippen molar-refractivity contribution in [3.8, 4) is 5.75 Å². The number of carboxylic acids is 1. The molecule has 5 heteroatoms. The van der Waals surface area contributed by atoms with Crippen molar-refractivity contribution in [3.63, 3.8) is 0 Å². The second kappa shape index (κ2) is 5.92. The molecule has 1 aromatic carbocycles. The predicted molar refractivity (Wildman–Crippen MR) is 39.3 cm³/mol. The van der Waals surface area contributed by atoms with Crippen LogP contribution < -0.4 is 5.11 Å². The smallest absolute Gasteiger partial charge is 2.00 e. The van der Waals surface area contributed by atoms with E-state index in [1.54, 1.807) is 0 Å². The Bertz CT molecular complexity index is 261. The fourth-order valence-corrected chi connectivity index (χ4v) is 0.643. The molecule has 0 spiro atoms. The Morgan fingerprint density at radius 1 is 1.33 bits per heavy atom. The van der Waals surface area contributed by atoms with E-state index in [-0.39, 0.29) is 37.2 Å². The molecule has 0 aliphatic carbocycles. The van der Waals surface area contributed by atoms with Crippen LogP contribution in [0, 0.1) is 0 Å². The maximum absolute atomic E-state index is 10.7. The van der Waals surface area contributed by atoms with E-state index in [9.17, 15) is 9.90 Å². The maximum Gasteiger partial charge on any atom is 3.00 e. The van der Waals surface area contributed by atoms with Crippen LogP contribution in [0.3, 0.4) is 0 Å². The number of benzene rings is 1. The molecule has 0 unspecified atom stereocenters. The van der Waals surface area contributed by atoms with E-state index < -0.39 is 11.7 Å². The van der Waals surface area contributed by atoms with E-state index >= 15 is 0 Å². The summed E-state index contributed by atoms with van der Waals surface area (Å²) in [5.74, 6) is -1.62. The molecule has 0 fully saturated rings. The Morgan fingerprint density at radius 2 is 1.83 bits per heavy atom.